The SMILES string of the molecule is CN(C)c1ccc(NC(=S)NC2N=C(c3ccccc3)c3cc(Cl)ccc3N(C)C2=O)c2ccccc12. The Bertz CT molecular complexity index is 1540. The second kappa shape index (κ2) is 10.2. The number of nitrogens with one attached hydrogen (secondary N) is 2. The minimum atomic E-state index is -0.932. The Morgan fingerprint density at radius 2 is 1.68 bits per heavy atom. The maximum atomic E-state index is 13.5. The van der Waals surface area contributed by atoms with Crippen LogP contribution in [0.25, 0.3) is 10.8 Å². The number of halogens is 1. The van der Waals surface area contributed by atoms with Crippen molar-refractivity contribution < 1.29 is 4.79 Å². The lowest BCUT2D eigenvalue weighted by molar-refractivity contribution is -0.119. The molecule has 0 saturated heterocycles. The fourth-order valence-electron chi connectivity index (χ4n) is 4.53. The van der Waals surface area contributed by atoms with Gasteiger partial charge in [-0.2, -0.15) is 0 Å². The third kappa shape index (κ3) is 4.88. The van der Waals surface area contributed by atoms with Gasteiger partial charge in [-0.1, -0.05) is 66.2 Å². The molecule has 0 spiro atoms. The van der Waals surface area contributed by atoms with Crippen LogP contribution in [0.15, 0.2) is 89.9 Å². The molecule has 4 aromatic rings. The van der Waals surface area contributed by atoms with E-state index in [2.05, 4.69) is 21.6 Å². The average Bonchev–Trinajstić information content (AvgIpc) is 2.99. The van der Waals surface area contributed by atoms with Gasteiger partial charge in [0.25, 0.3) is 5.91 Å². The first-order valence-corrected chi connectivity index (χ1v) is 12.6. The van der Waals surface area contributed by atoms with Crippen LogP contribution in [-0.2, 0) is 4.79 Å². The molecule has 0 bridgehead atoms. The summed E-state index contributed by atoms with van der Waals surface area (Å²) < 4.78 is 0. The number of aliphatic imine (C=N–C) groups is 1. The van der Waals surface area contributed by atoms with Crippen molar-refractivity contribution in [2.75, 3.05) is 36.3 Å². The first kappa shape index (κ1) is 24.7. The number of likely N-dealkylation sites (N-methyl/N-ethyl adjacent to an activating group) is 1. The van der Waals surface area contributed by atoms with Crippen molar-refractivity contribution in [3.05, 3.63) is 101 Å². The van der Waals surface area contributed by atoms with Crippen LogP contribution in [0.5, 0.6) is 0 Å². The summed E-state index contributed by atoms with van der Waals surface area (Å²) >= 11 is 12.0. The molecule has 4 aromatic carbocycles. The van der Waals surface area contributed by atoms with Gasteiger partial charge >= 0.3 is 0 Å². The van der Waals surface area contributed by atoms with Gasteiger partial charge < -0.3 is 20.4 Å². The lowest BCUT2D eigenvalue weighted by Gasteiger charge is -2.22. The smallest absolute Gasteiger partial charge is 0.272 e. The molecule has 1 heterocycles. The number of nitrogens with zero attached hydrogens (tertiary/aromatic N) is 3. The molecule has 6 nitrogen and oxygen atoms in total. The molecule has 1 aliphatic rings. The summed E-state index contributed by atoms with van der Waals surface area (Å²) in [6.45, 7) is 0. The number of carbonyl (C=O) groups excluding carboxylic acids is 1. The molecular weight excluding hydrogens is 502 g/mol. The Morgan fingerprint density at radius 1 is 0.973 bits per heavy atom. The maximum absolute atomic E-state index is 13.5. The van der Waals surface area contributed by atoms with Crippen LogP contribution in [0.2, 0.25) is 5.02 Å². The van der Waals surface area contributed by atoms with Gasteiger partial charge in [-0.15, -0.1) is 0 Å². The summed E-state index contributed by atoms with van der Waals surface area (Å²) in [4.78, 5) is 22.0. The zero-order valence-electron chi connectivity index (χ0n) is 20.7. The Balaban J connectivity index is 1.50. The van der Waals surface area contributed by atoms with E-state index in [1.807, 2.05) is 86.9 Å². The van der Waals surface area contributed by atoms with E-state index in [4.69, 9.17) is 28.8 Å². The second-order valence-electron chi connectivity index (χ2n) is 8.98. The molecule has 1 aliphatic heterocycles. The average molecular weight is 528 g/mol. The van der Waals surface area contributed by atoms with Crippen LogP contribution in [0.3, 0.4) is 0 Å². The zero-order chi connectivity index (χ0) is 26.1. The molecule has 0 fully saturated rings. The zero-order valence-corrected chi connectivity index (χ0v) is 22.3. The number of hydrogen-bond acceptors (Lipinski definition) is 4. The summed E-state index contributed by atoms with van der Waals surface area (Å²) in [6, 6.07) is 27.4. The molecule has 0 radical (unpaired) electrons. The van der Waals surface area contributed by atoms with E-state index in [1.54, 1.807) is 18.0 Å². The van der Waals surface area contributed by atoms with Gasteiger partial charge in [0.2, 0.25) is 6.17 Å². The number of anilines is 3. The summed E-state index contributed by atoms with van der Waals surface area (Å²) in [5, 5.41) is 9.41. The van der Waals surface area contributed by atoms with Crippen LogP contribution < -0.4 is 20.4 Å². The normalized spacial score (nSPS) is 15.0. The van der Waals surface area contributed by atoms with Crippen molar-refractivity contribution in [2.45, 2.75) is 6.17 Å². The number of carbonyl (C=O) groups is 1. The van der Waals surface area contributed by atoms with Crippen LogP contribution in [0, 0.1) is 0 Å². The van der Waals surface area contributed by atoms with Crippen LogP contribution in [0.1, 0.15) is 11.1 Å². The third-order valence-electron chi connectivity index (χ3n) is 6.34. The predicted molar refractivity (Wildman–Crippen MR) is 158 cm³/mol. The quantitative estimate of drug-likeness (QED) is 0.334. The number of benzene rings is 4. The third-order valence-corrected chi connectivity index (χ3v) is 6.80. The van der Waals surface area contributed by atoms with Crippen LogP contribution in [0.4, 0.5) is 17.1 Å². The topological polar surface area (TPSA) is 60.0 Å². The van der Waals surface area contributed by atoms with Gasteiger partial charge in [-0.3, -0.25) is 4.79 Å². The summed E-state index contributed by atoms with van der Waals surface area (Å²) in [5.41, 5.74) is 5.00. The Labute approximate surface area is 226 Å². The van der Waals surface area contributed by atoms with Gasteiger partial charge in [0.1, 0.15) is 0 Å². The van der Waals surface area contributed by atoms with Gasteiger partial charge in [0, 0.05) is 59.4 Å². The largest absolute Gasteiger partial charge is 0.377 e. The van der Waals surface area contributed by atoms with Gasteiger partial charge in [0.05, 0.1) is 11.4 Å². The minimum absolute atomic E-state index is 0.230. The molecule has 2 N–H and O–H groups in total. The number of benzodiazepines with no additional fused rings is 1. The molecule has 186 valence electrons. The summed E-state index contributed by atoms with van der Waals surface area (Å²) in [5.74, 6) is -0.230. The van der Waals surface area contributed by atoms with Crippen molar-refractivity contribution in [2.24, 2.45) is 4.99 Å². The van der Waals surface area contributed by atoms with E-state index in [1.165, 1.54) is 0 Å². The molecule has 37 heavy (non-hydrogen) atoms. The van der Waals surface area contributed by atoms with Crippen molar-refractivity contribution in [1.82, 2.24) is 5.32 Å². The minimum Gasteiger partial charge on any atom is -0.377 e. The lowest BCUT2D eigenvalue weighted by Crippen LogP contribution is -2.47. The molecule has 1 unspecified atom stereocenters. The fourth-order valence-corrected chi connectivity index (χ4v) is 4.92. The number of fused-ring (bicyclic) bond motifs is 2. The first-order valence-electron chi connectivity index (χ1n) is 11.8. The number of hydrogen-bond donors (Lipinski definition) is 2. The summed E-state index contributed by atoms with van der Waals surface area (Å²) in [7, 11) is 5.77. The number of amides is 1. The Morgan fingerprint density at radius 3 is 2.41 bits per heavy atom. The monoisotopic (exact) mass is 527 g/mol. The van der Waals surface area contributed by atoms with E-state index >= 15 is 0 Å². The van der Waals surface area contributed by atoms with Crippen molar-refractivity contribution >= 4 is 68.4 Å². The van der Waals surface area contributed by atoms with Gasteiger partial charge in [0.15, 0.2) is 5.11 Å². The standard InChI is InChI=1S/C29H26ClN5OS/c1-34(2)24-16-14-23(20-11-7-8-12-21(20)24)31-29(37)33-27-28(36)35(3)25-15-13-19(30)17-22(25)26(32-27)18-9-5-4-6-10-18/h4-17,27H,1-3H3,(H2,31,33,37). The van der Waals surface area contributed by atoms with Crippen LogP contribution in [-0.4, -0.2) is 44.0 Å². The highest BCUT2D eigenvalue weighted by Crippen LogP contribution is 2.32. The lowest BCUT2D eigenvalue weighted by atomic mass is 10.0. The molecule has 8 heteroatoms. The van der Waals surface area contributed by atoms with Gasteiger partial charge in [-0.05, 0) is 42.5 Å². The second-order valence-corrected chi connectivity index (χ2v) is 9.82. The molecule has 1 atom stereocenters. The highest BCUT2D eigenvalue weighted by molar-refractivity contribution is 7.80. The van der Waals surface area contributed by atoms with E-state index < -0.39 is 6.17 Å². The fraction of sp³-hybridized carbons (Fsp3) is 0.138. The molecule has 0 saturated carbocycles. The molecule has 1 amide bonds. The van der Waals surface area contributed by atoms with E-state index in [-0.39, 0.29) is 5.91 Å². The van der Waals surface area contributed by atoms with E-state index in [0.29, 0.717) is 15.8 Å². The Hall–Kier alpha value is -3.94. The van der Waals surface area contributed by atoms with E-state index in [9.17, 15) is 4.79 Å². The van der Waals surface area contributed by atoms with E-state index in [0.717, 1.165) is 39.0 Å². The molecule has 5 rings (SSSR count). The molecular formula is C29H26ClN5OS. The highest BCUT2D eigenvalue weighted by atomic mass is 35.5. The maximum Gasteiger partial charge on any atom is 0.272 e. The number of rotatable bonds is 4. The first-order chi connectivity index (χ1) is 17.8. The number of thiocarbonyl (C=S) groups is 1. The van der Waals surface area contributed by atoms with Crippen molar-refractivity contribution in [3.63, 3.8) is 0 Å². The molecule has 0 aliphatic carbocycles. The highest BCUT2D eigenvalue weighted by Gasteiger charge is 2.30. The van der Waals surface area contributed by atoms with Gasteiger partial charge in [-0.25, -0.2) is 4.99 Å². The van der Waals surface area contributed by atoms with Crippen molar-refractivity contribution in [3.8, 4) is 0 Å². The summed E-state index contributed by atoms with van der Waals surface area (Å²) in [6.07, 6.45) is -0.932. The molecule has 0 aromatic heterocycles. The Kier molecular flexibility index (Phi) is 6.82. The van der Waals surface area contributed by atoms with Crippen molar-refractivity contribution in [1.29, 1.82) is 0 Å². The van der Waals surface area contributed by atoms with Crippen LogP contribution >= 0.6 is 23.8 Å². The predicted octanol–water partition coefficient (Wildman–Crippen LogP) is 5.69.